The lowest BCUT2D eigenvalue weighted by atomic mass is 10.2. The largest absolute Gasteiger partial charge is 0.508 e. The molecule has 0 radical (unpaired) electrons. The van der Waals surface area contributed by atoms with Gasteiger partial charge in [0.05, 0.1) is 0 Å². The maximum atomic E-state index is 9.69. The van der Waals surface area contributed by atoms with E-state index in [9.17, 15) is 10.2 Å². The molecule has 154 valence electrons. The van der Waals surface area contributed by atoms with Crippen LogP contribution < -0.4 is 21.3 Å². The fourth-order valence-electron chi connectivity index (χ4n) is 2.87. The maximum absolute atomic E-state index is 9.69. The molecule has 0 aliphatic rings. The average molecular weight is 387 g/mol. The molecule has 2 aromatic carbocycles. The van der Waals surface area contributed by atoms with Crippen LogP contribution >= 0.6 is 0 Å². The van der Waals surface area contributed by atoms with Gasteiger partial charge >= 0.3 is 0 Å². The highest BCUT2D eigenvalue weighted by Gasteiger charge is 1.99. The smallest absolute Gasteiger partial charge is 0.120 e. The lowest BCUT2D eigenvalue weighted by Gasteiger charge is -2.09. The number of phenols is 2. The van der Waals surface area contributed by atoms with Crippen molar-refractivity contribution < 1.29 is 10.2 Å². The predicted molar refractivity (Wildman–Crippen MR) is 115 cm³/mol. The molecule has 6 N–H and O–H groups in total. The first-order chi connectivity index (χ1) is 13.8. The number of hydrogen-bond donors (Lipinski definition) is 6. The van der Waals surface area contributed by atoms with Gasteiger partial charge in [0.2, 0.25) is 0 Å². The van der Waals surface area contributed by atoms with Crippen molar-refractivity contribution >= 4 is 0 Å². The van der Waals surface area contributed by atoms with Crippen LogP contribution in [0.5, 0.6) is 11.5 Å². The summed E-state index contributed by atoms with van der Waals surface area (Å²) in [5.41, 5.74) is 1.88. The van der Waals surface area contributed by atoms with Crippen LogP contribution in [-0.2, 0) is 13.1 Å². The predicted octanol–water partition coefficient (Wildman–Crippen LogP) is 1.94. The van der Waals surface area contributed by atoms with Gasteiger partial charge < -0.3 is 31.5 Å². The summed E-state index contributed by atoms with van der Waals surface area (Å²) in [5.74, 6) is 0.709. The third-order valence-corrected chi connectivity index (χ3v) is 4.51. The molecule has 2 rings (SSSR count). The molecule has 0 fully saturated rings. The minimum Gasteiger partial charge on any atom is -0.508 e. The van der Waals surface area contributed by atoms with Gasteiger partial charge in [-0.15, -0.1) is 0 Å². The molecule has 6 nitrogen and oxygen atoms in total. The van der Waals surface area contributed by atoms with E-state index in [2.05, 4.69) is 21.3 Å². The van der Waals surface area contributed by atoms with Crippen LogP contribution in [-0.4, -0.2) is 49.5 Å². The van der Waals surface area contributed by atoms with Crippen LogP contribution in [0.25, 0.3) is 0 Å². The summed E-state index contributed by atoms with van der Waals surface area (Å²) in [6.45, 7) is 7.15. The fourth-order valence-corrected chi connectivity index (χ4v) is 2.87. The van der Waals surface area contributed by atoms with Gasteiger partial charge in [-0.25, -0.2) is 0 Å². The van der Waals surface area contributed by atoms with Crippen LogP contribution in [0.3, 0.4) is 0 Å². The first kappa shape index (κ1) is 22.2. The Balaban J connectivity index is 1.33. The summed E-state index contributed by atoms with van der Waals surface area (Å²) in [6.07, 6.45) is 2.12. The van der Waals surface area contributed by atoms with Crippen molar-refractivity contribution in [1.82, 2.24) is 21.3 Å². The zero-order valence-electron chi connectivity index (χ0n) is 16.6. The van der Waals surface area contributed by atoms with E-state index in [0.29, 0.717) is 24.6 Å². The molecule has 0 aliphatic heterocycles. The summed E-state index contributed by atoms with van der Waals surface area (Å²) in [6, 6.07) is 14.9. The minimum absolute atomic E-state index is 0.354. The van der Waals surface area contributed by atoms with Gasteiger partial charge in [0.25, 0.3) is 0 Å². The number of rotatable bonds is 15. The number of phenolic OH excluding ortho intramolecular Hbond substituents is 2. The summed E-state index contributed by atoms with van der Waals surface area (Å²) in [4.78, 5) is 0. The average Bonchev–Trinajstić information content (AvgIpc) is 2.71. The van der Waals surface area contributed by atoms with E-state index in [1.165, 1.54) is 0 Å². The van der Waals surface area contributed by atoms with E-state index in [1.54, 1.807) is 12.1 Å². The Bertz CT molecular complexity index is 609. The van der Waals surface area contributed by atoms with Crippen molar-refractivity contribution in [3.63, 3.8) is 0 Å². The van der Waals surface area contributed by atoms with Gasteiger partial charge in [-0.05, 0) is 51.2 Å². The molecular weight excluding hydrogens is 352 g/mol. The van der Waals surface area contributed by atoms with E-state index in [-0.39, 0.29) is 0 Å². The standard InChI is InChI=1S/C22H34N4O2/c27-21-9-3-1-7-19(21)17-25-13-5-11-23-15-16-24-12-6-14-26-18-20-8-2-4-10-22(20)28/h1-4,7-10,23-28H,5-6,11-18H2. The highest BCUT2D eigenvalue weighted by molar-refractivity contribution is 5.32. The second-order valence-corrected chi connectivity index (χ2v) is 6.82. The van der Waals surface area contributed by atoms with Crippen LogP contribution in [0, 0.1) is 0 Å². The van der Waals surface area contributed by atoms with Gasteiger partial charge in [-0.1, -0.05) is 36.4 Å². The van der Waals surface area contributed by atoms with Crippen LogP contribution in [0.1, 0.15) is 24.0 Å². The Morgan fingerprint density at radius 1 is 0.500 bits per heavy atom. The number of nitrogens with one attached hydrogen (secondary N) is 4. The highest BCUT2D eigenvalue weighted by Crippen LogP contribution is 2.15. The molecule has 2 aromatic rings. The molecular formula is C22H34N4O2. The van der Waals surface area contributed by atoms with Gasteiger partial charge in [0, 0.05) is 37.3 Å². The lowest BCUT2D eigenvalue weighted by Crippen LogP contribution is -2.30. The second kappa shape index (κ2) is 14.0. The third-order valence-electron chi connectivity index (χ3n) is 4.51. The van der Waals surface area contributed by atoms with Crippen molar-refractivity contribution in [2.75, 3.05) is 39.3 Å². The van der Waals surface area contributed by atoms with Gasteiger partial charge in [0.15, 0.2) is 0 Å². The quantitative estimate of drug-likeness (QED) is 0.262. The third kappa shape index (κ3) is 9.19. The number of aromatic hydroxyl groups is 2. The molecule has 0 atom stereocenters. The summed E-state index contributed by atoms with van der Waals surface area (Å²) in [5, 5.41) is 32.9. The van der Waals surface area contributed by atoms with Crippen molar-refractivity contribution in [3.05, 3.63) is 59.7 Å². The lowest BCUT2D eigenvalue weighted by molar-refractivity contribution is 0.463. The summed E-state index contributed by atoms with van der Waals surface area (Å²) < 4.78 is 0. The van der Waals surface area contributed by atoms with Crippen LogP contribution in [0.15, 0.2) is 48.5 Å². The molecule has 0 aliphatic carbocycles. The van der Waals surface area contributed by atoms with E-state index >= 15 is 0 Å². The molecule has 28 heavy (non-hydrogen) atoms. The first-order valence-corrected chi connectivity index (χ1v) is 10.1. The van der Waals surface area contributed by atoms with Gasteiger partial charge in [-0.2, -0.15) is 0 Å². The molecule has 0 saturated heterocycles. The molecule has 0 saturated carbocycles. The minimum atomic E-state index is 0.354. The Labute approximate surface area is 168 Å². The Kier molecular flexibility index (Phi) is 11.1. The number of para-hydroxylation sites is 2. The van der Waals surface area contributed by atoms with Crippen LogP contribution in [0.2, 0.25) is 0 Å². The molecule has 0 unspecified atom stereocenters. The molecule has 6 heteroatoms. The normalized spacial score (nSPS) is 11.0. The molecule has 0 bridgehead atoms. The van der Waals surface area contributed by atoms with Crippen molar-refractivity contribution in [3.8, 4) is 11.5 Å². The summed E-state index contributed by atoms with van der Waals surface area (Å²) >= 11 is 0. The molecule has 0 spiro atoms. The van der Waals surface area contributed by atoms with Crippen molar-refractivity contribution in [2.24, 2.45) is 0 Å². The monoisotopic (exact) mass is 386 g/mol. The van der Waals surface area contributed by atoms with Crippen molar-refractivity contribution in [2.45, 2.75) is 25.9 Å². The van der Waals surface area contributed by atoms with E-state index in [1.807, 2.05) is 36.4 Å². The zero-order valence-corrected chi connectivity index (χ0v) is 16.6. The first-order valence-electron chi connectivity index (χ1n) is 10.1. The Hall–Kier alpha value is -2.12. The second-order valence-electron chi connectivity index (χ2n) is 6.82. The number of benzene rings is 2. The highest BCUT2D eigenvalue weighted by atomic mass is 16.3. The topological polar surface area (TPSA) is 88.6 Å². The molecule has 0 heterocycles. The van der Waals surface area contributed by atoms with Crippen molar-refractivity contribution in [1.29, 1.82) is 0 Å². The van der Waals surface area contributed by atoms with Gasteiger partial charge in [0.1, 0.15) is 11.5 Å². The van der Waals surface area contributed by atoms with E-state index in [4.69, 9.17) is 0 Å². The number of hydrogen-bond acceptors (Lipinski definition) is 6. The summed E-state index contributed by atoms with van der Waals surface area (Å²) in [7, 11) is 0. The molecule has 0 amide bonds. The Morgan fingerprint density at radius 2 is 0.893 bits per heavy atom. The van der Waals surface area contributed by atoms with E-state index in [0.717, 1.165) is 63.2 Å². The SMILES string of the molecule is Oc1ccccc1CNCCCNCCNCCCNCc1ccccc1O. The zero-order chi connectivity index (χ0) is 19.9. The van der Waals surface area contributed by atoms with Crippen LogP contribution in [0.4, 0.5) is 0 Å². The maximum Gasteiger partial charge on any atom is 0.120 e. The van der Waals surface area contributed by atoms with Gasteiger partial charge in [-0.3, -0.25) is 0 Å². The van der Waals surface area contributed by atoms with E-state index < -0.39 is 0 Å². The Morgan fingerprint density at radius 3 is 1.32 bits per heavy atom. The fraction of sp³-hybridized carbons (Fsp3) is 0.455. The molecule has 0 aromatic heterocycles.